The van der Waals surface area contributed by atoms with Crippen LogP contribution in [0.15, 0.2) is 66.9 Å². The van der Waals surface area contributed by atoms with E-state index >= 15 is 0 Å². The van der Waals surface area contributed by atoms with E-state index in [1.807, 2.05) is 74.5 Å². The fourth-order valence-corrected chi connectivity index (χ4v) is 3.97. The smallest absolute Gasteiger partial charge is 0.250 e. The lowest BCUT2D eigenvalue weighted by Crippen LogP contribution is -2.56. The van der Waals surface area contributed by atoms with Gasteiger partial charge in [-0.1, -0.05) is 74.5 Å². The first-order chi connectivity index (χ1) is 15.8. The van der Waals surface area contributed by atoms with E-state index in [0.717, 1.165) is 5.56 Å². The summed E-state index contributed by atoms with van der Waals surface area (Å²) in [6, 6.07) is 17.1. The second-order valence-electron chi connectivity index (χ2n) is 8.42. The van der Waals surface area contributed by atoms with Gasteiger partial charge in [-0.05, 0) is 23.5 Å². The Hall–Kier alpha value is -3.74. The van der Waals surface area contributed by atoms with E-state index in [2.05, 4.69) is 5.32 Å². The lowest BCUT2D eigenvalue weighted by Gasteiger charge is -2.40. The molecule has 7 heteroatoms. The molecular formula is C26H29N3O4. The largest absolute Gasteiger partial charge is 0.345 e. The Morgan fingerprint density at radius 2 is 1.64 bits per heavy atom. The number of aldehydes is 1. The molecule has 1 heterocycles. The predicted octanol–water partition coefficient (Wildman–Crippen LogP) is 2.63. The maximum Gasteiger partial charge on any atom is 0.250 e. The number of nitrogens with one attached hydrogen (secondary N) is 1. The highest BCUT2D eigenvalue weighted by molar-refractivity contribution is 5.99. The summed E-state index contributed by atoms with van der Waals surface area (Å²) < 4.78 is 0. The minimum atomic E-state index is -0.714. The van der Waals surface area contributed by atoms with Crippen molar-refractivity contribution in [2.45, 2.75) is 39.3 Å². The number of hydrogen-bond acceptors (Lipinski definition) is 4. The lowest BCUT2D eigenvalue weighted by atomic mass is 9.97. The van der Waals surface area contributed by atoms with Crippen LogP contribution in [-0.2, 0) is 25.6 Å². The lowest BCUT2D eigenvalue weighted by molar-refractivity contribution is -0.144. The van der Waals surface area contributed by atoms with Crippen molar-refractivity contribution in [3.8, 4) is 0 Å². The molecule has 2 atom stereocenters. The fourth-order valence-electron chi connectivity index (χ4n) is 3.97. The standard InChI is InChI=1S/C26H29N3O4/c1-18(2)25-26(33)29(23(15-28(25)19(3)31)21-12-8-5-9-13-21)16-24(32)27-22(17-30)14-20-10-6-4-7-11-20/h4-13,15,17-18,22,25H,14,16H2,1-3H3,(H,27,32)/t22-,25+/m0/s1. The highest BCUT2D eigenvalue weighted by Crippen LogP contribution is 2.29. The first-order valence-electron chi connectivity index (χ1n) is 11.0. The van der Waals surface area contributed by atoms with E-state index < -0.39 is 18.0 Å². The van der Waals surface area contributed by atoms with Gasteiger partial charge in [0.2, 0.25) is 11.8 Å². The molecule has 0 unspecified atom stereocenters. The van der Waals surface area contributed by atoms with Crippen LogP contribution >= 0.6 is 0 Å². The van der Waals surface area contributed by atoms with E-state index in [4.69, 9.17) is 0 Å². The molecule has 0 saturated heterocycles. The van der Waals surface area contributed by atoms with Crippen molar-refractivity contribution < 1.29 is 19.2 Å². The molecule has 0 spiro atoms. The van der Waals surface area contributed by atoms with Gasteiger partial charge >= 0.3 is 0 Å². The van der Waals surface area contributed by atoms with E-state index in [0.29, 0.717) is 24.0 Å². The van der Waals surface area contributed by atoms with Gasteiger partial charge in [0.1, 0.15) is 18.9 Å². The van der Waals surface area contributed by atoms with Gasteiger partial charge < -0.3 is 15.0 Å². The molecule has 33 heavy (non-hydrogen) atoms. The molecule has 2 aromatic carbocycles. The Balaban J connectivity index is 1.87. The summed E-state index contributed by atoms with van der Waals surface area (Å²) in [6.07, 6.45) is 2.70. The zero-order valence-corrected chi connectivity index (χ0v) is 19.1. The van der Waals surface area contributed by atoms with Gasteiger partial charge in [0.25, 0.3) is 5.91 Å². The monoisotopic (exact) mass is 447 g/mol. The Morgan fingerprint density at radius 1 is 1.03 bits per heavy atom. The molecule has 2 aromatic rings. The average molecular weight is 448 g/mol. The van der Waals surface area contributed by atoms with Crippen LogP contribution in [-0.4, -0.2) is 52.4 Å². The van der Waals surface area contributed by atoms with Crippen molar-refractivity contribution in [2.24, 2.45) is 5.92 Å². The molecule has 0 fully saturated rings. The summed E-state index contributed by atoms with van der Waals surface area (Å²) in [4.78, 5) is 53.2. The van der Waals surface area contributed by atoms with Gasteiger partial charge in [0.15, 0.2) is 0 Å². The molecule has 0 aliphatic carbocycles. The van der Waals surface area contributed by atoms with Gasteiger partial charge in [-0.3, -0.25) is 19.3 Å². The summed E-state index contributed by atoms with van der Waals surface area (Å²) in [5.41, 5.74) is 2.10. The summed E-state index contributed by atoms with van der Waals surface area (Å²) in [5, 5.41) is 2.72. The maximum atomic E-state index is 13.5. The van der Waals surface area contributed by atoms with E-state index in [1.54, 1.807) is 6.20 Å². The van der Waals surface area contributed by atoms with Crippen molar-refractivity contribution >= 4 is 29.7 Å². The predicted molar refractivity (Wildman–Crippen MR) is 125 cm³/mol. The Labute approximate surface area is 194 Å². The number of amides is 3. The molecule has 7 nitrogen and oxygen atoms in total. The number of nitrogens with zero attached hydrogens (tertiary/aromatic N) is 2. The highest BCUT2D eigenvalue weighted by Gasteiger charge is 2.40. The van der Waals surface area contributed by atoms with Gasteiger partial charge in [-0.2, -0.15) is 0 Å². The summed E-state index contributed by atoms with van der Waals surface area (Å²) in [5.74, 6) is -1.18. The van der Waals surface area contributed by atoms with Crippen LogP contribution in [0.2, 0.25) is 0 Å². The summed E-state index contributed by atoms with van der Waals surface area (Å²) in [6.45, 7) is 4.89. The fraction of sp³-hybridized carbons (Fsp3) is 0.308. The van der Waals surface area contributed by atoms with Crippen LogP contribution in [0.25, 0.3) is 5.70 Å². The van der Waals surface area contributed by atoms with Crippen molar-refractivity contribution in [3.05, 3.63) is 78.0 Å². The Morgan fingerprint density at radius 3 is 2.18 bits per heavy atom. The van der Waals surface area contributed by atoms with Gasteiger partial charge in [0, 0.05) is 13.1 Å². The minimum absolute atomic E-state index is 0.152. The van der Waals surface area contributed by atoms with E-state index in [9.17, 15) is 19.2 Å². The SMILES string of the molecule is CC(=O)N1C=C(c2ccccc2)N(CC(=O)N[C@H](C=O)Cc2ccccc2)C(=O)[C@H]1C(C)C. The first-order valence-corrected chi connectivity index (χ1v) is 11.0. The zero-order valence-electron chi connectivity index (χ0n) is 19.1. The molecule has 1 aliphatic heterocycles. The molecule has 3 amide bonds. The van der Waals surface area contributed by atoms with Crippen LogP contribution in [0, 0.1) is 5.92 Å². The highest BCUT2D eigenvalue weighted by atomic mass is 16.2. The molecule has 1 aliphatic rings. The molecule has 0 radical (unpaired) electrons. The molecule has 0 saturated carbocycles. The van der Waals surface area contributed by atoms with E-state index in [-0.39, 0.29) is 24.3 Å². The molecular weight excluding hydrogens is 418 g/mol. The Kier molecular flexibility index (Phi) is 7.77. The topological polar surface area (TPSA) is 86.8 Å². The first kappa shape index (κ1) is 23.9. The quantitative estimate of drug-likeness (QED) is 0.631. The van der Waals surface area contributed by atoms with Crippen LogP contribution in [0.3, 0.4) is 0 Å². The van der Waals surface area contributed by atoms with Gasteiger partial charge in [0.05, 0.1) is 11.7 Å². The third-order valence-corrected chi connectivity index (χ3v) is 5.55. The number of carbonyl (C=O) groups is 4. The van der Waals surface area contributed by atoms with Gasteiger partial charge in [-0.15, -0.1) is 0 Å². The molecule has 0 bridgehead atoms. The van der Waals surface area contributed by atoms with Gasteiger partial charge in [-0.25, -0.2) is 0 Å². The van der Waals surface area contributed by atoms with Crippen LogP contribution < -0.4 is 5.32 Å². The maximum absolute atomic E-state index is 13.5. The third kappa shape index (κ3) is 5.74. The second-order valence-corrected chi connectivity index (χ2v) is 8.42. The van der Waals surface area contributed by atoms with Crippen LogP contribution in [0.4, 0.5) is 0 Å². The van der Waals surface area contributed by atoms with Crippen LogP contribution in [0.5, 0.6) is 0 Å². The molecule has 1 N–H and O–H groups in total. The number of carbonyl (C=O) groups excluding carboxylic acids is 4. The summed E-state index contributed by atoms with van der Waals surface area (Å²) >= 11 is 0. The van der Waals surface area contributed by atoms with Crippen molar-refractivity contribution in [3.63, 3.8) is 0 Å². The van der Waals surface area contributed by atoms with Crippen molar-refractivity contribution in [2.75, 3.05) is 6.54 Å². The minimum Gasteiger partial charge on any atom is -0.345 e. The van der Waals surface area contributed by atoms with Crippen molar-refractivity contribution in [1.82, 2.24) is 15.1 Å². The number of rotatable bonds is 8. The number of hydrogen-bond donors (Lipinski definition) is 1. The second kappa shape index (κ2) is 10.7. The Bertz CT molecular complexity index is 1030. The average Bonchev–Trinajstić information content (AvgIpc) is 2.80. The number of benzene rings is 2. The normalized spacial score (nSPS) is 16.9. The summed E-state index contributed by atoms with van der Waals surface area (Å²) in [7, 11) is 0. The zero-order chi connectivity index (χ0) is 24.0. The third-order valence-electron chi connectivity index (χ3n) is 5.55. The van der Waals surface area contributed by atoms with E-state index in [1.165, 1.54) is 16.7 Å². The molecule has 172 valence electrons. The molecule has 3 rings (SSSR count). The van der Waals surface area contributed by atoms with Crippen molar-refractivity contribution in [1.29, 1.82) is 0 Å². The van der Waals surface area contributed by atoms with Crippen LogP contribution in [0.1, 0.15) is 31.9 Å². The molecule has 0 aromatic heterocycles.